The van der Waals surface area contributed by atoms with Crippen molar-refractivity contribution >= 4 is 23.7 Å². The number of halogens is 1. The van der Waals surface area contributed by atoms with Crippen LogP contribution in [-0.4, -0.2) is 30.4 Å². The molecule has 25 heavy (non-hydrogen) atoms. The lowest BCUT2D eigenvalue weighted by atomic mass is 10.2. The zero-order valence-electron chi connectivity index (χ0n) is 14.1. The number of aromatic hydroxyl groups is 1. The summed E-state index contributed by atoms with van der Waals surface area (Å²) < 4.78 is 10.6. The summed E-state index contributed by atoms with van der Waals surface area (Å²) in [5, 5.41) is 14.2. The molecule has 1 atom stereocenters. The van der Waals surface area contributed by atoms with Gasteiger partial charge in [0.15, 0.2) is 17.6 Å². The Kier molecular flexibility index (Phi) is 6.25. The first kappa shape index (κ1) is 18.6. The highest BCUT2D eigenvalue weighted by Crippen LogP contribution is 2.25. The molecule has 0 spiro atoms. The molecule has 0 radical (unpaired) electrons. The summed E-state index contributed by atoms with van der Waals surface area (Å²) in [7, 11) is 1.47. The van der Waals surface area contributed by atoms with Gasteiger partial charge in [0.1, 0.15) is 5.75 Å². The largest absolute Gasteiger partial charge is 0.504 e. The molecule has 2 rings (SSSR count). The van der Waals surface area contributed by atoms with Crippen LogP contribution in [-0.2, 0) is 4.79 Å². The first-order valence-electron chi connectivity index (χ1n) is 7.53. The number of benzene rings is 2. The second-order valence-electron chi connectivity index (χ2n) is 5.34. The second kappa shape index (κ2) is 8.39. The average molecular weight is 363 g/mol. The Morgan fingerprint density at radius 3 is 2.64 bits per heavy atom. The zero-order valence-corrected chi connectivity index (χ0v) is 14.9. The minimum atomic E-state index is -0.735. The van der Waals surface area contributed by atoms with Gasteiger partial charge in [0.25, 0.3) is 5.91 Å². The highest BCUT2D eigenvalue weighted by Gasteiger charge is 2.15. The molecule has 0 heterocycles. The molecule has 0 aromatic heterocycles. The molecule has 6 nitrogen and oxygen atoms in total. The van der Waals surface area contributed by atoms with Crippen LogP contribution in [0.5, 0.6) is 17.2 Å². The Hall–Kier alpha value is -2.73. The van der Waals surface area contributed by atoms with Gasteiger partial charge in [-0.1, -0.05) is 11.6 Å². The number of nitrogens with one attached hydrogen (secondary N) is 1. The number of carbonyl (C=O) groups excluding carboxylic acids is 1. The molecule has 0 fully saturated rings. The van der Waals surface area contributed by atoms with E-state index in [0.717, 1.165) is 5.56 Å². The van der Waals surface area contributed by atoms with Gasteiger partial charge in [-0.05, 0) is 61.4 Å². The van der Waals surface area contributed by atoms with Crippen LogP contribution < -0.4 is 14.9 Å². The second-order valence-corrected chi connectivity index (χ2v) is 5.77. The van der Waals surface area contributed by atoms with E-state index in [2.05, 4.69) is 10.5 Å². The normalized spacial score (nSPS) is 12.0. The van der Waals surface area contributed by atoms with E-state index in [1.54, 1.807) is 37.3 Å². The van der Waals surface area contributed by atoms with Gasteiger partial charge in [0.2, 0.25) is 0 Å². The van der Waals surface area contributed by atoms with Crippen molar-refractivity contribution in [2.45, 2.75) is 20.0 Å². The van der Waals surface area contributed by atoms with E-state index in [-0.39, 0.29) is 5.75 Å². The van der Waals surface area contributed by atoms with E-state index in [9.17, 15) is 9.90 Å². The van der Waals surface area contributed by atoms with Gasteiger partial charge in [0.05, 0.1) is 13.3 Å². The summed E-state index contributed by atoms with van der Waals surface area (Å²) in [6.07, 6.45) is 0.679. The number of nitrogens with zero attached hydrogens (tertiary/aromatic N) is 1. The molecule has 2 aromatic rings. The molecular formula is C18H19ClN2O4. The van der Waals surface area contributed by atoms with Crippen molar-refractivity contribution in [3.63, 3.8) is 0 Å². The standard InChI is InChI=1S/C18H19ClN2O4/c1-11-8-14(19)5-7-16(11)25-12(2)18(23)21-20-10-13-4-6-17(24-3)15(22)9-13/h4-10,12,22H,1-3H3,(H,21,23). The van der Waals surface area contributed by atoms with Gasteiger partial charge in [0, 0.05) is 5.02 Å². The molecule has 0 bridgehead atoms. The molecule has 7 heteroatoms. The number of hydrogen-bond donors (Lipinski definition) is 2. The van der Waals surface area contributed by atoms with Crippen LogP contribution in [0.15, 0.2) is 41.5 Å². The third-order valence-electron chi connectivity index (χ3n) is 3.40. The van der Waals surface area contributed by atoms with Crippen molar-refractivity contribution in [1.29, 1.82) is 0 Å². The quantitative estimate of drug-likeness (QED) is 0.610. The number of rotatable bonds is 6. The Bertz CT molecular complexity index is 793. The minimum Gasteiger partial charge on any atom is -0.504 e. The van der Waals surface area contributed by atoms with E-state index in [4.69, 9.17) is 21.1 Å². The Labute approximate surface area is 151 Å². The van der Waals surface area contributed by atoms with Gasteiger partial charge in [-0.25, -0.2) is 5.43 Å². The van der Waals surface area contributed by atoms with Crippen LogP contribution in [0.1, 0.15) is 18.1 Å². The van der Waals surface area contributed by atoms with Crippen LogP contribution in [0.3, 0.4) is 0 Å². The van der Waals surface area contributed by atoms with E-state index in [0.29, 0.717) is 22.1 Å². The van der Waals surface area contributed by atoms with Crippen molar-refractivity contribution in [2.24, 2.45) is 5.10 Å². The Balaban J connectivity index is 1.93. The van der Waals surface area contributed by atoms with Crippen molar-refractivity contribution in [2.75, 3.05) is 7.11 Å². The molecule has 0 saturated heterocycles. The monoisotopic (exact) mass is 362 g/mol. The maximum absolute atomic E-state index is 12.0. The molecule has 0 aliphatic carbocycles. The number of methoxy groups -OCH3 is 1. The molecule has 2 N–H and O–H groups in total. The number of amides is 1. The van der Waals surface area contributed by atoms with Crippen LogP contribution in [0.2, 0.25) is 5.02 Å². The summed E-state index contributed by atoms with van der Waals surface area (Å²) in [4.78, 5) is 12.0. The third-order valence-corrected chi connectivity index (χ3v) is 3.64. The Morgan fingerprint density at radius 1 is 1.28 bits per heavy atom. The fraction of sp³-hybridized carbons (Fsp3) is 0.222. The molecular weight excluding hydrogens is 344 g/mol. The number of phenolic OH excluding ortho intramolecular Hbond substituents is 1. The lowest BCUT2D eigenvalue weighted by molar-refractivity contribution is -0.127. The number of phenols is 1. The third kappa shape index (κ3) is 5.12. The van der Waals surface area contributed by atoms with Crippen LogP contribution in [0, 0.1) is 6.92 Å². The van der Waals surface area contributed by atoms with Crippen LogP contribution >= 0.6 is 11.6 Å². The molecule has 2 aromatic carbocycles. The van der Waals surface area contributed by atoms with Crippen molar-refractivity contribution in [1.82, 2.24) is 5.43 Å². The molecule has 1 amide bonds. The molecule has 0 saturated carbocycles. The number of ether oxygens (including phenoxy) is 2. The topological polar surface area (TPSA) is 80.2 Å². The molecule has 0 aliphatic heterocycles. The summed E-state index contributed by atoms with van der Waals surface area (Å²) in [6, 6.07) is 9.95. The maximum atomic E-state index is 12.0. The first-order valence-corrected chi connectivity index (χ1v) is 7.91. The van der Waals surface area contributed by atoms with Crippen molar-refractivity contribution < 1.29 is 19.4 Å². The maximum Gasteiger partial charge on any atom is 0.280 e. The summed E-state index contributed by atoms with van der Waals surface area (Å²) >= 11 is 5.89. The van der Waals surface area contributed by atoms with Gasteiger partial charge < -0.3 is 14.6 Å². The van der Waals surface area contributed by atoms with Crippen LogP contribution in [0.4, 0.5) is 0 Å². The predicted octanol–water partition coefficient (Wildman–Crippen LogP) is 3.28. The van der Waals surface area contributed by atoms with Gasteiger partial charge in [-0.15, -0.1) is 0 Å². The number of aryl methyl sites for hydroxylation is 1. The van der Waals surface area contributed by atoms with E-state index < -0.39 is 12.0 Å². The highest BCUT2D eigenvalue weighted by atomic mass is 35.5. The molecule has 132 valence electrons. The van der Waals surface area contributed by atoms with Gasteiger partial charge in [-0.3, -0.25) is 4.79 Å². The lowest BCUT2D eigenvalue weighted by Crippen LogP contribution is -2.33. The summed E-state index contributed by atoms with van der Waals surface area (Å²) in [5.74, 6) is 0.536. The van der Waals surface area contributed by atoms with Gasteiger partial charge >= 0.3 is 0 Å². The number of hydrogen-bond acceptors (Lipinski definition) is 5. The highest BCUT2D eigenvalue weighted by molar-refractivity contribution is 6.30. The minimum absolute atomic E-state index is 0.00677. The first-order chi connectivity index (χ1) is 11.9. The predicted molar refractivity (Wildman–Crippen MR) is 96.7 cm³/mol. The number of carbonyl (C=O) groups is 1. The Morgan fingerprint density at radius 2 is 2.00 bits per heavy atom. The average Bonchev–Trinajstić information content (AvgIpc) is 2.57. The smallest absolute Gasteiger partial charge is 0.280 e. The fourth-order valence-electron chi connectivity index (χ4n) is 2.04. The van der Waals surface area contributed by atoms with Crippen molar-refractivity contribution in [3.8, 4) is 17.2 Å². The summed E-state index contributed by atoms with van der Waals surface area (Å²) in [6.45, 7) is 3.47. The SMILES string of the molecule is COc1ccc(C=NNC(=O)C(C)Oc2ccc(Cl)cc2C)cc1O. The van der Waals surface area contributed by atoms with Gasteiger partial charge in [-0.2, -0.15) is 5.10 Å². The van der Waals surface area contributed by atoms with E-state index >= 15 is 0 Å². The van der Waals surface area contributed by atoms with Crippen molar-refractivity contribution in [3.05, 3.63) is 52.5 Å². The molecule has 1 unspecified atom stereocenters. The summed E-state index contributed by atoms with van der Waals surface area (Å²) in [5.41, 5.74) is 3.85. The lowest BCUT2D eigenvalue weighted by Gasteiger charge is -2.14. The zero-order chi connectivity index (χ0) is 18.4. The van der Waals surface area contributed by atoms with Crippen LogP contribution in [0.25, 0.3) is 0 Å². The van der Waals surface area contributed by atoms with E-state index in [1.165, 1.54) is 19.4 Å². The number of hydrazone groups is 1. The van der Waals surface area contributed by atoms with E-state index in [1.807, 2.05) is 6.92 Å². The molecule has 0 aliphatic rings. The fourth-order valence-corrected chi connectivity index (χ4v) is 2.26.